The number of hydrogen-bond acceptors (Lipinski definition) is 2. The summed E-state index contributed by atoms with van der Waals surface area (Å²) in [6.07, 6.45) is 4.42. The summed E-state index contributed by atoms with van der Waals surface area (Å²) in [5.41, 5.74) is 11.5. The maximum Gasteiger partial charge on any atom is 0.303 e. The minimum Gasteiger partial charge on any atom is -0.481 e. The Bertz CT molecular complexity index is 1240. The summed E-state index contributed by atoms with van der Waals surface area (Å²) in [5.74, 6) is -1.32. The molecule has 0 aliphatic carbocycles. The molecule has 0 atom stereocenters. The number of carboxylic acids is 1. The van der Waals surface area contributed by atoms with Gasteiger partial charge in [0.05, 0.1) is 12.1 Å². The van der Waals surface area contributed by atoms with E-state index in [1.807, 2.05) is 66.3 Å². The second kappa shape index (κ2) is 8.36. The maximum atomic E-state index is 11.6. The van der Waals surface area contributed by atoms with Crippen molar-refractivity contribution < 1.29 is 14.7 Å². The smallest absolute Gasteiger partial charge is 0.303 e. The van der Waals surface area contributed by atoms with Crippen LogP contribution >= 0.6 is 0 Å². The van der Waals surface area contributed by atoms with Gasteiger partial charge < -0.3 is 20.0 Å². The highest BCUT2D eigenvalue weighted by Gasteiger charge is 2.16. The number of carboxylic acid groups (broad SMARTS) is 1. The number of benzene rings is 2. The van der Waals surface area contributed by atoms with Crippen molar-refractivity contribution in [2.45, 2.75) is 19.8 Å². The number of aryl methyl sites for hydroxylation is 2. The monoisotopic (exact) mass is 413 g/mol. The zero-order valence-corrected chi connectivity index (χ0v) is 17.2. The molecule has 0 aliphatic rings. The standard InChI is InChI=1S/C25H23N3O3/c1-17-16-19(25(26)31)6-11-22(17)28-21(10-13-24(29)30)9-12-23(28)18-4-7-20(8-5-18)27-14-2-3-15-27/h2-9,11-12,14-16H,10,13H2,1H3,(H2,26,31)(H,29,30). The number of rotatable bonds is 7. The van der Waals surface area contributed by atoms with Crippen LogP contribution in [0.1, 0.15) is 28.0 Å². The Hall–Kier alpha value is -4.06. The molecule has 0 saturated heterocycles. The van der Waals surface area contributed by atoms with Crippen LogP contribution in [0.3, 0.4) is 0 Å². The zero-order valence-electron chi connectivity index (χ0n) is 17.2. The molecule has 2 aromatic heterocycles. The molecule has 2 aromatic carbocycles. The van der Waals surface area contributed by atoms with Gasteiger partial charge in [-0.1, -0.05) is 12.1 Å². The Balaban J connectivity index is 1.80. The summed E-state index contributed by atoms with van der Waals surface area (Å²) < 4.78 is 4.10. The van der Waals surface area contributed by atoms with E-state index in [-0.39, 0.29) is 6.42 Å². The number of nitrogens with two attached hydrogens (primary N) is 1. The minimum atomic E-state index is -0.842. The minimum absolute atomic E-state index is 0.0361. The molecule has 156 valence electrons. The molecule has 3 N–H and O–H groups in total. The molecule has 0 aliphatic heterocycles. The number of carbonyl (C=O) groups excluding carboxylic acids is 1. The van der Waals surface area contributed by atoms with Crippen LogP contribution in [0.15, 0.2) is 79.1 Å². The van der Waals surface area contributed by atoms with Crippen molar-refractivity contribution in [1.29, 1.82) is 0 Å². The third-order valence-corrected chi connectivity index (χ3v) is 5.34. The van der Waals surface area contributed by atoms with E-state index in [2.05, 4.69) is 16.7 Å². The van der Waals surface area contributed by atoms with Gasteiger partial charge in [0.2, 0.25) is 5.91 Å². The van der Waals surface area contributed by atoms with Crippen LogP contribution in [-0.4, -0.2) is 26.1 Å². The fourth-order valence-corrected chi connectivity index (χ4v) is 3.79. The summed E-state index contributed by atoms with van der Waals surface area (Å²) in [6.45, 7) is 1.92. The van der Waals surface area contributed by atoms with Crippen molar-refractivity contribution in [3.63, 3.8) is 0 Å². The fourth-order valence-electron chi connectivity index (χ4n) is 3.79. The molecule has 31 heavy (non-hydrogen) atoms. The highest BCUT2D eigenvalue weighted by atomic mass is 16.4. The van der Waals surface area contributed by atoms with E-state index in [0.717, 1.165) is 33.9 Å². The van der Waals surface area contributed by atoms with Gasteiger partial charge in [-0.15, -0.1) is 0 Å². The Morgan fingerprint density at radius 3 is 2.29 bits per heavy atom. The van der Waals surface area contributed by atoms with E-state index in [0.29, 0.717) is 12.0 Å². The van der Waals surface area contributed by atoms with Crippen LogP contribution < -0.4 is 5.73 Å². The average Bonchev–Trinajstić information content (AvgIpc) is 3.42. The van der Waals surface area contributed by atoms with Gasteiger partial charge in [-0.3, -0.25) is 9.59 Å². The van der Waals surface area contributed by atoms with Crippen molar-refractivity contribution >= 4 is 11.9 Å². The third-order valence-electron chi connectivity index (χ3n) is 5.34. The van der Waals surface area contributed by atoms with E-state index in [9.17, 15) is 14.7 Å². The number of aromatic nitrogens is 2. The molecule has 0 spiro atoms. The lowest BCUT2D eigenvalue weighted by atomic mass is 10.1. The predicted octanol–water partition coefficient (Wildman–Crippen LogP) is 4.36. The van der Waals surface area contributed by atoms with Gasteiger partial charge in [0.15, 0.2) is 0 Å². The molecule has 0 radical (unpaired) electrons. The second-order valence-electron chi connectivity index (χ2n) is 7.44. The molecule has 6 heteroatoms. The van der Waals surface area contributed by atoms with Crippen LogP contribution in [0.2, 0.25) is 0 Å². The van der Waals surface area contributed by atoms with Gasteiger partial charge in [0.1, 0.15) is 0 Å². The SMILES string of the molecule is Cc1cc(C(N)=O)ccc1-n1c(CCC(=O)O)ccc1-c1ccc(-n2cccc2)cc1. The number of nitrogens with zero attached hydrogens (tertiary/aromatic N) is 2. The molecule has 0 unspecified atom stereocenters. The second-order valence-corrected chi connectivity index (χ2v) is 7.44. The van der Waals surface area contributed by atoms with E-state index < -0.39 is 11.9 Å². The van der Waals surface area contributed by atoms with Crippen molar-refractivity contribution in [3.8, 4) is 22.6 Å². The summed E-state index contributed by atoms with van der Waals surface area (Å²) >= 11 is 0. The molecule has 0 bridgehead atoms. The first-order valence-electron chi connectivity index (χ1n) is 10.0. The molecular weight excluding hydrogens is 390 g/mol. The largest absolute Gasteiger partial charge is 0.481 e. The first-order valence-corrected chi connectivity index (χ1v) is 10.0. The van der Waals surface area contributed by atoms with E-state index in [4.69, 9.17) is 5.73 Å². The topological polar surface area (TPSA) is 90.2 Å². The Labute approximate surface area is 180 Å². The maximum absolute atomic E-state index is 11.6. The number of amides is 1. The number of primary amides is 1. The molecule has 4 rings (SSSR count). The quantitative estimate of drug-likeness (QED) is 0.472. The lowest BCUT2D eigenvalue weighted by Crippen LogP contribution is -2.12. The van der Waals surface area contributed by atoms with Gasteiger partial charge >= 0.3 is 5.97 Å². The number of aliphatic carboxylic acids is 1. The van der Waals surface area contributed by atoms with Crippen molar-refractivity contribution in [1.82, 2.24) is 9.13 Å². The third kappa shape index (κ3) is 4.14. The van der Waals surface area contributed by atoms with Crippen molar-refractivity contribution in [3.05, 3.63) is 95.9 Å². The molecule has 4 aromatic rings. The molecule has 0 fully saturated rings. The molecule has 6 nitrogen and oxygen atoms in total. The highest BCUT2D eigenvalue weighted by Crippen LogP contribution is 2.30. The van der Waals surface area contributed by atoms with Crippen molar-refractivity contribution in [2.24, 2.45) is 5.73 Å². The lowest BCUT2D eigenvalue weighted by molar-refractivity contribution is -0.136. The van der Waals surface area contributed by atoms with E-state index in [1.54, 1.807) is 12.1 Å². The van der Waals surface area contributed by atoms with Crippen LogP contribution in [0.5, 0.6) is 0 Å². The summed E-state index contributed by atoms with van der Waals surface area (Å²) in [6, 6.07) is 21.4. The van der Waals surface area contributed by atoms with Gasteiger partial charge in [0.25, 0.3) is 0 Å². The summed E-state index contributed by atoms with van der Waals surface area (Å²) in [5, 5.41) is 9.17. The summed E-state index contributed by atoms with van der Waals surface area (Å²) in [7, 11) is 0. The Kier molecular flexibility index (Phi) is 5.45. The summed E-state index contributed by atoms with van der Waals surface area (Å²) in [4.78, 5) is 22.7. The molecule has 2 heterocycles. The molecular formula is C25H23N3O3. The van der Waals surface area contributed by atoms with Crippen LogP contribution in [-0.2, 0) is 11.2 Å². The van der Waals surface area contributed by atoms with Crippen LogP contribution in [0, 0.1) is 6.92 Å². The average molecular weight is 413 g/mol. The molecule has 1 amide bonds. The fraction of sp³-hybridized carbons (Fsp3) is 0.120. The number of carbonyl (C=O) groups is 2. The normalized spacial score (nSPS) is 10.9. The van der Waals surface area contributed by atoms with Gasteiger partial charge in [-0.2, -0.15) is 0 Å². The first-order chi connectivity index (χ1) is 14.9. The van der Waals surface area contributed by atoms with Crippen LogP contribution in [0.25, 0.3) is 22.6 Å². The Morgan fingerprint density at radius 1 is 0.968 bits per heavy atom. The first kappa shape index (κ1) is 20.2. The van der Waals surface area contributed by atoms with E-state index >= 15 is 0 Å². The van der Waals surface area contributed by atoms with Gasteiger partial charge in [0, 0.05) is 35.0 Å². The van der Waals surface area contributed by atoms with Crippen LogP contribution in [0.4, 0.5) is 0 Å². The van der Waals surface area contributed by atoms with Gasteiger partial charge in [-0.25, -0.2) is 0 Å². The Morgan fingerprint density at radius 2 is 1.68 bits per heavy atom. The molecule has 0 saturated carbocycles. The highest BCUT2D eigenvalue weighted by molar-refractivity contribution is 5.93. The van der Waals surface area contributed by atoms with E-state index in [1.165, 1.54) is 0 Å². The predicted molar refractivity (Wildman–Crippen MR) is 120 cm³/mol. The van der Waals surface area contributed by atoms with Crippen molar-refractivity contribution in [2.75, 3.05) is 0 Å². The van der Waals surface area contributed by atoms with Gasteiger partial charge in [-0.05, 0) is 79.1 Å². The zero-order chi connectivity index (χ0) is 22.0. The lowest BCUT2D eigenvalue weighted by Gasteiger charge is -2.17. The number of hydrogen-bond donors (Lipinski definition) is 2.